The zero-order valence-electron chi connectivity index (χ0n) is 25.5. The van der Waals surface area contributed by atoms with Crippen LogP contribution >= 0.6 is 11.8 Å². The second kappa shape index (κ2) is 17.2. The monoisotopic (exact) mass is 646 g/mol. The molecule has 246 valence electrons. The number of hydrogen-bond acceptors (Lipinski definition) is 16. The highest BCUT2D eigenvalue weighted by atomic mass is 32.2. The van der Waals surface area contributed by atoms with Crippen LogP contribution in [0.15, 0.2) is 0 Å². The van der Waals surface area contributed by atoms with E-state index in [0.29, 0.717) is 0 Å². The van der Waals surface area contributed by atoms with E-state index in [4.69, 9.17) is 49.1 Å². The van der Waals surface area contributed by atoms with Crippen LogP contribution in [0.2, 0.25) is 0 Å². The van der Waals surface area contributed by atoms with Gasteiger partial charge in [0.1, 0.15) is 43.1 Å². The summed E-state index contributed by atoms with van der Waals surface area (Å²) >= 11 is 1.06. The Morgan fingerprint density at radius 2 is 1.11 bits per heavy atom. The Balaban J connectivity index is 2.64. The number of hydrogen-bond donors (Lipinski definition) is 0. The standard InChI is InChI=1S/C28H38O15S/c1-9-10-44-28-26(40-19(8)34)24(38-17(6)32)23(21(42-28)12-36-15(4)30)43-27-25(39-18(7)33)22(37-16(5)31)13(2)20(41-27)11-35-14(3)29/h1,13,20-28H,10-12H2,2-8H3/t13-,20?,21?,22?,23+,24?,25?,26?,27-,28-/m0/s1. The number of ether oxygens (including phenoxy) is 9. The van der Waals surface area contributed by atoms with Crippen molar-refractivity contribution in [2.45, 2.75) is 103 Å². The van der Waals surface area contributed by atoms with Crippen molar-refractivity contribution in [2.24, 2.45) is 5.92 Å². The van der Waals surface area contributed by atoms with Gasteiger partial charge in [-0.05, 0) is 0 Å². The molecule has 2 aliphatic rings. The minimum atomic E-state index is -1.56. The minimum Gasteiger partial charge on any atom is -0.463 e. The van der Waals surface area contributed by atoms with Crippen molar-refractivity contribution in [1.82, 2.24) is 0 Å². The van der Waals surface area contributed by atoms with Gasteiger partial charge < -0.3 is 42.6 Å². The summed E-state index contributed by atoms with van der Waals surface area (Å²) in [6.07, 6.45) is -4.83. The third-order valence-corrected chi connectivity index (χ3v) is 7.37. The van der Waals surface area contributed by atoms with Crippen molar-refractivity contribution >= 4 is 47.6 Å². The summed E-state index contributed by atoms with van der Waals surface area (Å²) in [6.45, 7) is 7.83. The van der Waals surface area contributed by atoms with Crippen LogP contribution in [0.3, 0.4) is 0 Å². The summed E-state index contributed by atoms with van der Waals surface area (Å²) in [7, 11) is 0. The molecule has 2 aliphatic heterocycles. The summed E-state index contributed by atoms with van der Waals surface area (Å²) < 4.78 is 51.0. The van der Waals surface area contributed by atoms with Crippen molar-refractivity contribution < 1.29 is 71.4 Å². The number of esters is 6. The molecule has 0 spiro atoms. The van der Waals surface area contributed by atoms with E-state index in [1.165, 1.54) is 13.8 Å². The highest BCUT2D eigenvalue weighted by Crippen LogP contribution is 2.38. The lowest BCUT2D eigenvalue weighted by atomic mass is 9.90. The van der Waals surface area contributed by atoms with E-state index < -0.39 is 103 Å². The predicted molar refractivity (Wildman–Crippen MR) is 148 cm³/mol. The number of carbonyl (C=O) groups is 6. The van der Waals surface area contributed by atoms with E-state index in [1.54, 1.807) is 6.92 Å². The van der Waals surface area contributed by atoms with Crippen molar-refractivity contribution in [2.75, 3.05) is 19.0 Å². The van der Waals surface area contributed by atoms with Gasteiger partial charge in [-0.3, -0.25) is 28.8 Å². The fourth-order valence-corrected chi connectivity index (χ4v) is 5.54. The van der Waals surface area contributed by atoms with Crippen molar-refractivity contribution in [3.63, 3.8) is 0 Å². The molecule has 16 heteroatoms. The molecule has 6 unspecified atom stereocenters. The van der Waals surface area contributed by atoms with E-state index in [0.717, 1.165) is 39.5 Å². The average molecular weight is 647 g/mol. The minimum absolute atomic E-state index is 0.112. The molecule has 0 radical (unpaired) electrons. The fraction of sp³-hybridized carbons (Fsp3) is 0.714. The predicted octanol–water partition coefficient (Wildman–Crippen LogP) is 0.677. The molecule has 2 saturated heterocycles. The van der Waals surface area contributed by atoms with E-state index in [-0.39, 0.29) is 12.4 Å². The van der Waals surface area contributed by atoms with Gasteiger partial charge in [0.05, 0.1) is 5.75 Å². The number of thioether (sulfide) groups is 1. The Labute approximate surface area is 259 Å². The highest BCUT2D eigenvalue weighted by molar-refractivity contribution is 8.00. The second-order valence-corrected chi connectivity index (χ2v) is 11.0. The first-order chi connectivity index (χ1) is 20.6. The molecule has 15 nitrogen and oxygen atoms in total. The van der Waals surface area contributed by atoms with Gasteiger partial charge in [-0.15, -0.1) is 18.2 Å². The van der Waals surface area contributed by atoms with E-state index in [2.05, 4.69) is 5.92 Å². The third kappa shape index (κ3) is 11.0. The fourth-order valence-electron chi connectivity index (χ4n) is 4.66. The molecule has 0 aromatic heterocycles. The maximum atomic E-state index is 12.3. The number of carbonyl (C=O) groups excluding carboxylic acids is 6. The van der Waals surface area contributed by atoms with Crippen LogP contribution in [0.5, 0.6) is 0 Å². The molecule has 0 aromatic rings. The van der Waals surface area contributed by atoms with Gasteiger partial charge in [0.15, 0.2) is 24.6 Å². The van der Waals surface area contributed by atoms with Crippen LogP contribution in [0.1, 0.15) is 48.5 Å². The SMILES string of the molecule is C#CCS[C@@H]1OC(COC(C)=O)[C@@H](O[C@@H]2OC(COC(C)=O)[C@H](C)C(OC(C)=O)C2OC(C)=O)C(OC(C)=O)C1OC(C)=O. The molecule has 0 aromatic carbocycles. The molecular formula is C28H38O15S. The van der Waals surface area contributed by atoms with E-state index in [9.17, 15) is 28.8 Å². The van der Waals surface area contributed by atoms with Gasteiger partial charge in [0.2, 0.25) is 0 Å². The number of rotatable bonds is 12. The van der Waals surface area contributed by atoms with Gasteiger partial charge in [0, 0.05) is 47.5 Å². The lowest BCUT2D eigenvalue weighted by Crippen LogP contribution is -2.65. The van der Waals surface area contributed by atoms with Crippen LogP contribution < -0.4 is 0 Å². The Kier molecular flexibility index (Phi) is 14.4. The lowest BCUT2D eigenvalue weighted by molar-refractivity contribution is -0.334. The Morgan fingerprint density at radius 3 is 1.61 bits per heavy atom. The van der Waals surface area contributed by atoms with Gasteiger partial charge in [-0.2, -0.15) is 0 Å². The molecule has 0 bridgehead atoms. The molecule has 0 amide bonds. The molecule has 2 fully saturated rings. The Bertz CT molecular complexity index is 1100. The molecular weight excluding hydrogens is 608 g/mol. The topological polar surface area (TPSA) is 185 Å². The third-order valence-electron chi connectivity index (χ3n) is 6.33. The molecule has 0 saturated carbocycles. The summed E-state index contributed by atoms with van der Waals surface area (Å²) in [5, 5.41) is 0. The van der Waals surface area contributed by atoms with Crippen LogP contribution in [-0.4, -0.2) is 109 Å². The summed E-state index contributed by atoms with van der Waals surface area (Å²) in [5.74, 6) is -2.41. The quantitative estimate of drug-likeness (QED) is 0.164. The normalized spacial score (nSPS) is 31.4. The van der Waals surface area contributed by atoms with Crippen LogP contribution in [0.4, 0.5) is 0 Å². The van der Waals surface area contributed by atoms with Crippen LogP contribution in [0.25, 0.3) is 0 Å². The molecule has 0 aliphatic carbocycles. The van der Waals surface area contributed by atoms with Gasteiger partial charge in [-0.1, -0.05) is 12.8 Å². The molecule has 0 N–H and O–H groups in total. The first kappa shape index (κ1) is 36.8. The first-order valence-electron chi connectivity index (χ1n) is 13.6. The smallest absolute Gasteiger partial charge is 0.303 e. The zero-order valence-corrected chi connectivity index (χ0v) is 26.3. The van der Waals surface area contributed by atoms with Gasteiger partial charge in [-0.25, -0.2) is 0 Å². The largest absolute Gasteiger partial charge is 0.463 e. The van der Waals surface area contributed by atoms with E-state index >= 15 is 0 Å². The van der Waals surface area contributed by atoms with Gasteiger partial charge in [0.25, 0.3) is 0 Å². The van der Waals surface area contributed by atoms with Crippen LogP contribution in [0, 0.1) is 18.3 Å². The highest BCUT2D eigenvalue weighted by Gasteiger charge is 2.55. The zero-order chi connectivity index (χ0) is 33.1. The number of terminal acetylenes is 1. The van der Waals surface area contributed by atoms with Crippen molar-refractivity contribution in [3.05, 3.63) is 0 Å². The molecule has 10 atom stereocenters. The maximum Gasteiger partial charge on any atom is 0.303 e. The van der Waals surface area contributed by atoms with Crippen molar-refractivity contribution in [1.29, 1.82) is 0 Å². The Morgan fingerprint density at radius 1 is 0.636 bits per heavy atom. The van der Waals surface area contributed by atoms with Crippen molar-refractivity contribution in [3.8, 4) is 12.3 Å². The Hall–Kier alpha value is -3.39. The van der Waals surface area contributed by atoms with Crippen LogP contribution in [-0.2, 0) is 71.4 Å². The summed E-state index contributed by atoms with van der Waals surface area (Å²) in [4.78, 5) is 72.0. The molecule has 44 heavy (non-hydrogen) atoms. The summed E-state index contributed by atoms with van der Waals surface area (Å²) in [5.41, 5.74) is -0.998. The average Bonchev–Trinajstić information content (AvgIpc) is 2.90. The van der Waals surface area contributed by atoms with Gasteiger partial charge >= 0.3 is 35.8 Å². The first-order valence-corrected chi connectivity index (χ1v) is 14.7. The lowest BCUT2D eigenvalue weighted by Gasteiger charge is -2.48. The van der Waals surface area contributed by atoms with E-state index in [1.807, 2.05) is 0 Å². The second-order valence-electron chi connectivity index (χ2n) is 9.96. The molecule has 2 rings (SSSR count). The maximum absolute atomic E-state index is 12.3. The summed E-state index contributed by atoms with van der Waals surface area (Å²) in [6, 6.07) is 0. The molecule has 2 heterocycles.